The number of anilines is 1. The molecule has 1 N–H and O–H groups in total. The smallest absolute Gasteiger partial charge is 0.140 e. The third-order valence-electron chi connectivity index (χ3n) is 2.16. The molecule has 0 unspecified atom stereocenters. The fourth-order valence-electron chi connectivity index (χ4n) is 1.38. The largest absolute Gasteiger partial charge is 0.365 e. The van der Waals surface area contributed by atoms with Gasteiger partial charge in [-0.1, -0.05) is 35.3 Å². The van der Waals surface area contributed by atoms with Gasteiger partial charge in [-0.05, 0) is 39.7 Å². The lowest BCUT2D eigenvalue weighted by Gasteiger charge is -2.08. The van der Waals surface area contributed by atoms with E-state index in [1.165, 1.54) is 0 Å². The van der Waals surface area contributed by atoms with Crippen molar-refractivity contribution >= 4 is 44.9 Å². The van der Waals surface area contributed by atoms with Crippen LogP contribution in [0.2, 0.25) is 10.0 Å². The summed E-state index contributed by atoms with van der Waals surface area (Å²) in [4.78, 5) is 4.19. The van der Waals surface area contributed by atoms with Gasteiger partial charge in [-0.3, -0.25) is 0 Å². The standard InChI is InChI=1S/C12H9BrCl2N2/c13-11-5-10(15)7-17-12(11)16-6-8-2-1-3-9(14)4-8/h1-5,7H,6H2,(H,16,17). The normalized spacial score (nSPS) is 10.3. The molecule has 0 aliphatic carbocycles. The highest BCUT2D eigenvalue weighted by Gasteiger charge is 2.02. The van der Waals surface area contributed by atoms with Gasteiger partial charge in [0.15, 0.2) is 0 Å². The Hall–Kier alpha value is -0.770. The summed E-state index contributed by atoms with van der Waals surface area (Å²) < 4.78 is 0.840. The Morgan fingerprint density at radius 1 is 1.18 bits per heavy atom. The molecular formula is C12H9BrCl2N2. The number of hydrogen-bond donors (Lipinski definition) is 1. The topological polar surface area (TPSA) is 24.9 Å². The summed E-state index contributed by atoms with van der Waals surface area (Å²) in [6, 6.07) is 9.49. The Morgan fingerprint density at radius 3 is 2.71 bits per heavy atom. The summed E-state index contributed by atoms with van der Waals surface area (Å²) in [6.45, 7) is 0.661. The number of rotatable bonds is 3. The summed E-state index contributed by atoms with van der Waals surface area (Å²) in [6.07, 6.45) is 1.60. The second kappa shape index (κ2) is 5.71. The first kappa shape index (κ1) is 12.7. The summed E-state index contributed by atoms with van der Waals surface area (Å²) in [7, 11) is 0. The maximum atomic E-state index is 5.91. The number of halogens is 3. The molecule has 17 heavy (non-hydrogen) atoms. The fourth-order valence-corrected chi connectivity index (χ4v) is 2.37. The van der Waals surface area contributed by atoms with Crippen molar-refractivity contribution in [2.45, 2.75) is 6.54 Å². The number of nitrogens with zero attached hydrogens (tertiary/aromatic N) is 1. The molecule has 1 aromatic carbocycles. The average molecular weight is 332 g/mol. The van der Waals surface area contributed by atoms with Gasteiger partial charge < -0.3 is 5.32 Å². The second-order valence-electron chi connectivity index (χ2n) is 3.47. The monoisotopic (exact) mass is 330 g/mol. The van der Waals surface area contributed by atoms with Gasteiger partial charge in [0.25, 0.3) is 0 Å². The fraction of sp³-hybridized carbons (Fsp3) is 0.0833. The van der Waals surface area contributed by atoms with E-state index in [4.69, 9.17) is 23.2 Å². The van der Waals surface area contributed by atoms with Gasteiger partial charge >= 0.3 is 0 Å². The van der Waals surface area contributed by atoms with E-state index in [9.17, 15) is 0 Å². The van der Waals surface area contributed by atoms with E-state index < -0.39 is 0 Å². The highest BCUT2D eigenvalue weighted by atomic mass is 79.9. The highest BCUT2D eigenvalue weighted by Crippen LogP contribution is 2.23. The van der Waals surface area contributed by atoms with Crippen LogP contribution >= 0.6 is 39.1 Å². The van der Waals surface area contributed by atoms with Crippen molar-refractivity contribution in [1.29, 1.82) is 0 Å². The minimum absolute atomic E-state index is 0.602. The Kier molecular flexibility index (Phi) is 4.26. The average Bonchev–Trinajstić information content (AvgIpc) is 2.28. The highest BCUT2D eigenvalue weighted by molar-refractivity contribution is 9.10. The van der Waals surface area contributed by atoms with Crippen LogP contribution in [0.4, 0.5) is 5.82 Å². The van der Waals surface area contributed by atoms with Gasteiger partial charge in [0.2, 0.25) is 0 Å². The number of aromatic nitrogens is 1. The Bertz CT molecular complexity index is 532. The molecule has 5 heteroatoms. The molecule has 1 aromatic heterocycles. The van der Waals surface area contributed by atoms with E-state index in [0.29, 0.717) is 11.6 Å². The predicted molar refractivity (Wildman–Crippen MR) is 75.7 cm³/mol. The second-order valence-corrected chi connectivity index (χ2v) is 5.19. The van der Waals surface area contributed by atoms with Gasteiger partial charge in [0.1, 0.15) is 5.82 Å². The van der Waals surface area contributed by atoms with Crippen LogP contribution in [0.5, 0.6) is 0 Å². The van der Waals surface area contributed by atoms with E-state index >= 15 is 0 Å². The molecule has 0 fully saturated rings. The van der Waals surface area contributed by atoms with Crippen LogP contribution in [-0.2, 0) is 6.54 Å². The number of benzene rings is 1. The molecule has 1 heterocycles. The third kappa shape index (κ3) is 3.60. The molecule has 0 atom stereocenters. The predicted octanol–water partition coefficient (Wildman–Crippen LogP) is 4.76. The Morgan fingerprint density at radius 2 is 2.00 bits per heavy atom. The van der Waals surface area contributed by atoms with Crippen LogP contribution in [0, 0.1) is 0 Å². The maximum absolute atomic E-state index is 5.91. The Balaban J connectivity index is 2.07. The van der Waals surface area contributed by atoms with Crippen molar-refractivity contribution in [2.24, 2.45) is 0 Å². The quantitative estimate of drug-likeness (QED) is 0.876. The van der Waals surface area contributed by atoms with Gasteiger partial charge in [-0.25, -0.2) is 4.98 Å². The zero-order valence-corrected chi connectivity index (χ0v) is 11.9. The number of hydrogen-bond acceptors (Lipinski definition) is 2. The van der Waals surface area contributed by atoms with Crippen molar-refractivity contribution in [2.75, 3.05) is 5.32 Å². The van der Waals surface area contributed by atoms with Crippen LogP contribution in [0.15, 0.2) is 41.0 Å². The summed E-state index contributed by atoms with van der Waals surface area (Å²) in [5.74, 6) is 0.759. The van der Waals surface area contributed by atoms with Crippen LogP contribution in [0.3, 0.4) is 0 Å². The van der Waals surface area contributed by atoms with Crippen molar-refractivity contribution in [3.63, 3.8) is 0 Å². The summed E-state index contributed by atoms with van der Waals surface area (Å²) >= 11 is 15.1. The zero-order chi connectivity index (χ0) is 12.3. The van der Waals surface area contributed by atoms with Crippen LogP contribution in [-0.4, -0.2) is 4.98 Å². The molecule has 0 bridgehead atoms. The number of pyridine rings is 1. The molecule has 2 nitrogen and oxygen atoms in total. The van der Waals surface area contributed by atoms with Crippen molar-refractivity contribution in [3.05, 3.63) is 56.6 Å². The van der Waals surface area contributed by atoms with Crippen molar-refractivity contribution in [3.8, 4) is 0 Å². The SMILES string of the molecule is Clc1cccc(CNc2ncc(Cl)cc2Br)c1. The molecule has 0 aliphatic rings. The molecule has 0 amide bonds. The van der Waals surface area contributed by atoms with Gasteiger partial charge in [0, 0.05) is 17.8 Å². The Labute approximate surface area is 118 Å². The molecule has 0 radical (unpaired) electrons. The van der Waals surface area contributed by atoms with Gasteiger partial charge in [-0.15, -0.1) is 0 Å². The van der Waals surface area contributed by atoms with E-state index in [2.05, 4.69) is 26.2 Å². The first-order valence-electron chi connectivity index (χ1n) is 4.94. The lowest BCUT2D eigenvalue weighted by atomic mass is 10.2. The van der Waals surface area contributed by atoms with E-state index in [1.807, 2.05) is 24.3 Å². The molecule has 0 spiro atoms. The van der Waals surface area contributed by atoms with Crippen LogP contribution < -0.4 is 5.32 Å². The van der Waals surface area contributed by atoms with E-state index in [-0.39, 0.29) is 0 Å². The molecule has 0 saturated carbocycles. The summed E-state index contributed by atoms with van der Waals surface area (Å²) in [5.41, 5.74) is 1.10. The lowest BCUT2D eigenvalue weighted by Crippen LogP contribution is -2.01. The van der Waals surface area contributed by atoms with Gasteiger partial charge in [-0.2, -0.15) is 0 Å². The van der Waals surface area contributed by atoms with Crippen molar-refractivity contribution in [1.82, 2.24) is 4.98 Å². The van der Waals surface area contributed by atoms with Crippen LogP contribution in [0.1, 0.15) is 5.56 Å². The maximum Gasteiger partial charge on any atom is 0.140 e. The van der Waals surface area contributed by atoms with E-state index in [0.717, 1.165) is 20.9 Å². The molecule has 2 aromatic rings. The van der Waals surface area contributed by atoms with E-state index in [1.54, 1.807) is 12.3 Å². The minimum Gasteiger partial charge on any atom is -0.365 e. The van der Waals surface area contributed by atoms with Crippen LogP contribution in [0.25, 0.3) is 0 Å². The molecule has 0 aliphatic heterocycles. The first-order valence-corrected chi connectivity index (χ1v) is 6.49. The molecule has 2 rings (SSSR count). The lowest BCUT2D eigenvalue weighted by molar-refractivity contribution is 1.11. The molecule has 88 valence electrons. The van der Waals surface area contributed by atoms with Crippen molar-refractivity contribution < 1.29 is 0 Å². The molecular weight excluding hydrogens is 323 g/mol. The molecule has 0 saturated heterocycles. The number of nitrogens with one attached hydrogen (secondary N) is 1. The summed E-state index contributed by atoms with van der Waals surface area (Å²) in [5, 5.41) is 4.54. The minimum atomic E-state index is 0.602. The van der Waals surface area contributed by atoms with Gasteiger partial charge in [0.05, 0.1) is 9.50 Å². The zero-order valence-electron chi connectivity index (χ0n) is 8.75. The first-order chi connectivity index (χ1) is 8.15. The third-order valence-corrected chi connectivity index (χ3v) is 3.20.